The lowest BCUT2D eigenvalue weighted by molar-refractivity contribution is 0.596. The van der Waals surface area contributed by atoms with Crippen molar-refractivity contribution < 1.29 is 4.42 Å². The van der Waals surface area contributed by atoms with Gasteiger partial charge in [0.05, 0.1) is 10.4 Å². The quantitative estimate of drug-likeness (QED) is 0.275. The Bertz CT molecular complexity index is 1620. The molecule has 32 heavy (non-hydrogen) atoms. The second-order valence-corrected chi connectivity index (χ2v) is 10.1. The molecule has 3 nitrogen and oxygen atoms in total. The summed E-state index contributed by atoms with van der Waals surface area (Å²) in [5.41, 5.74) is 5.24. The number of furan rings is 1. The highest BCUT2D eigenvalue weighted by atomic mass is 32.1. The number of hydrogen-bond donors (Lipinski definition) is 0. The van der Waals surface area contributed by atoms with Crippen molar-refractivity contribution in [3.05, 3.63) is 84.1 Å². The first kappa shape index (κ1) is 19.2. The molecule has 0 saturated heterocycles. The number of fused-ring (bicyclic) bond motifs is 3. The van der Waals surface area contributed by atoms with Crippen LogP contribution in [0, 0.1) is 0 Å². The van der Waals surface area contributed by atoms with Gasteiger partial charge in [0.1, 0.15) is 11.3 Å². The van der Waals surface area contributed by atoms with Crippen molar-refractivity contribution in [2.75, 3.05) is 0 Å². The topological polar surface area (TPSA) is 38.9 Å². The van der Waals surface area contributed by atoms with E-state index in [2.05, 4.69) is 79.7 Å². The molecule has 2 aromatic carbocycles. The number of hydrogen-bond acceptors (Lipinski definition) is 4. The van der Waals surface area contributed by atoms with Crippen LogP contribution in [0.1, 0.15) is 26.3 Å². The molecule has 0 saturated carbocycles. The van der Waals surface area contributed by atoms with Crippen molar-refractivity contribution in [3.8, 4) is 22.6 Å². The van der Waals surface area contributed by atoms with Crippen molar-refractivity contribution in [2.45, 2.75) is 26.2 Å². The Morgan fingerprint density at radius 3 is 2.62 bits per heavy atom. The maximum absolute atomic E-state index is 6.30. The van der Waals surface area contributed by atoms with Crippen LogP contribution in [0.2, 0.25) is 0 Å². The van der Waals surface area contributed by atoms with Gasteiger partial charge in [0.25, 0.3) is 0 Å². The zero-order valence-corrected chi connectivity index (χ0v) is 19.0. The fourth-order valence-electron chi connectivity index (χ4n) is 4.48. The van der Waals surface area contributed by atoms with Crippen molar-refractivity contribution in [1.29, 1.82) is 0 Å². The molecule has 0 atom stereocenters. The van der Waals surface area contributed by atoms with Crippen LogP contribution in [0.5, 0.6) is 0 Å². The smallest absolute Gasteiger partial charge is 0.138 e. The Labute approximate surface area is 190 Å². The molecule has 6 aromatic rings. The van der Waals surface area contributed by atoms with Crippen LogP contribution >= 0.6 is 11.3 Å². The first-order chi connectivity index (χ1) is 15.5. The predicted molar refractivity (Wildman–Crippen MR) is 134 cm³/mol. The first-order valence-corrected chi connectivity index (χ1v) is 11.6. The van der Waals surface area contributed by atoms with Crippen LogP contribution in [0.3, 0.4) is 0 Å². The van der Waals surface area contributed by atoms with Crippen LogP contribution in [0.25, 0.3) is 54.4 Å². The van der Waals surface area contributed by atoms with Gasteiger partial charge in [-0.05, 0) is 57.5 Å². The minimum Gasteiger partial charge on any atom is -0.456 e. The van der Waals surface area contributed by atoms with Gasteiger partial charge in [-0.15, -0.1) is 11.3 Å². The van der Waals surface area contributed by atoms with Gasteiger partial charge in [0, 0.05) is 40.5 Å². The highest BCUT2D eigenvalue weighted by Gasteiger charge is 2.20. The molecule has 0 fully saturated rings. The van der Waals surface area contributed by atoms with Gasteiger partial charge in [-0.1, -0.05) is 45.0 Å². The van der Waals surface area contributed by atoms with Crippen LogP contribution in [0.15, 0.2) is 83.0 Å². The SMILES string of the molecule is CC(C)(C)c1cc(-c2nccc3oc(-c4cncc5sccc45)cc23)cc2ccccc12. The van der Waals surface area contributed by atoms with E-state index in [0.717, 1.165) is 38.3 Å². The molecular formula is C28H22N2OS. The Hall–Kier alpha value is -3.50. The summed E-state index contributed by atoms with van der Waals surface area (Å²) in [6.45, 7) is 6.78. The molecule has 0 N–H and O–H groups in total. The first-order valence-electron chi connectivity index (χ1n) is 10.7. The maximum Gasteiger partial charge on any atom is 0.138 e. The fraction of sp³-hybridized carbons (Fsp3) is 0.143. The highest BCUT2D eigenvalue weighted by Crippen LogP contribution is 2.39. The van der Waals surface area contributed by atoms with Crippen LogP contribution in [0.4, 0.5) is 0 Å². The van der Waals surface area contributed by atoms with E-state index in [1.165, 1.54) is 21.7 Å². The minimum atomic E-state index is 0.0192. The summed E-state index contributed by atoms with van der Waals surface area (Å²) in [6.07, 6.45) is 5.62. The van der Waals surface area contributed by atoms with Crippen LogP contribution in [-0.2, 0) is 5.41 Å². The number of pyridine rings is 2. The van der Waals surface area contributed by atoms with Crippen LogP contribution < -0.4 is 0 Å². The van der Waals surface area contributed by atoms with Crippen LogP contribution in [-0.4, -0.2) is 9.97 Å². The van der Waals surface area contributed by atoms with E-state index in [-0.39, 0.29) is 5.41 Å². The highest BCUT2D eigenvalue weighted by molar-refractivity contribution is 7.17. The number of aromatic nitrogens is 2. The lowest BCUT2D eigenvalue weighted by Crippen LogP contribution is -2.12. The molecule has 4 heterocycles. The van der Waals surface area contributed by atoms with Crippen molar-refractivity contribution in [3.63, 3.8) is 0 Å². The van der Waals surface area contributed by atoms with E-state index < -0.39 is 0 Å². The third kappa shape index (κ3) is 3.02. The largest absolute Gasteiger partial charge is 0.456 e. The standard InChI is InChI=1S/C28H22N2OS/c1-28(2,3)23-13-18(12-17-6-4-5-7-19(17)23)27-21-14-25(31-24(21)8-10-30-27)22-15-29-16-26-20(22)9-11-32-26/h4-16H,1-3H3. The minimum absolute atomic E-state index is 0.0192. The third-order valence-electron chi connectivity index (χ3n) is 6.03. The van der Waals surface area contributed by atoms with E-state index in [1.54, 1.807) is 11.3 Å². The fourth-order valence-corrected chi connectivity index (χ4v) is 5.26. The summed E-state index contributed by atoms with van der Waals surface area (Å²) in [4.78, 5) is 9.21. The van der Waals surface area contributed by atoms with Gasteiger partial charge in [0.2, 0.25) is 0 Å². The molecule has 0 aliphatic carbocycles. The molecule has 0 unspecified atom stereocenters. The summed E-state index contributed by atoms with van der Waals surface area (Å²) in [5.74, 6) is 0.822. The molecule has 0 amide bonds. The van der Waals surface area contributed by atoms with Gasteiger partial charge in [-0.3, -0.25) is 9.97 Å². The van der Waals surface area contributed by atoms with Gasteiger partial charge in [-0.2, -0.15) is 0 Å². The number of thiophene rings is 1. The molecule has 4 heteroatoms. The Balaban J connectivity index is 1.60. The summed E-state index contributed by atoms with van der Waals surface area (Å²) in [6, 6.07) is 19.3. The number of benzene rings is 2. The number of rotatable bonds is 2. The summed E-state index contributed by atoms with van der Waals surface area (Å²) in [5, 5.41) is 6.79. The average Bonchev–Trinajstić information content (AvgIpc) is 3.44. The summed E-state index contributed by atoms with van der Waals surface area (Å²) < 4.78 is 7.46. The molecule has 0 bridgehead atoms. The molecule has 0 aliphatic heterocycles. The Morgan fingerprint density at radius 1 is 0.875 bits per heavy atom. The van der Waals surface area contributed by atoms with E-state index in [9.17, 15) is 0 Å². The average molecular weight is 435 g/mol. The lowest BCUT2D eigenvalue weighted by atomic mass is 9.82. The normalized spacial score (nSPS) is 12.2. The molecule has 4 aromatic heterocycles. The van der Waals surface area contributed by atoms with E-state index in [4.69, 9.17) is 9.40 Å². The second-order valence-electron chi connectivity index (χ2n) is 9.20. The molecule has 0 spiro atoms. The van der Waals surface area contributed by atoms with Crippen molar-refractivity contribution in [2.24, 2.45) is 0 Å². The van der Waals surface area contributed by atoms with Gasteiger partial charge < -0.3 is 4.42 Å². The van der Waals surface area contributed by atoms with E-state index in [0.29, 0.717) is 0 Å². The van der Waals surface area contributed by atoms with E-state index >= 15 is 0 Å². The summed E-state index contributed by atoms with van der Waals surface area (Å²) in [7, 11) is 0. The molecule has 156 valence electrons. The third-order valence-corrected chi connectivity index (χ3v) is 6.89. The monoisotopic (exact) mass is 434 g/mol. The second kappa shape index (κ2) is 7.01. The zero-order chi connectivity index (χ0) is 21.9. The van der Waals surface area contributed by atoms with Crippen molar-refractivity contribution in [1.82, 2.24) is 9.97 Å². The van der Waals surface area contributed by atoms with Gasteiger partial charge in [-0.25, -0.2) is 0 Å². The molecular weight excluding hydrogens is 412 g/mol. The molecule has 0 aliphatic rings. The number of nitrogens with zero attached hydrogens (tertiary/aromatic N) is 2. The van der Waals surface area contributed by atoms with E-state index in [1.807, 2.05) is 24.7 Å². The summed E-state index contributed by atoms with van der Waals surface area (Å²) >= 11 is 1.69. The Kier molecular flexibility index (Phi) is 4.21. The zero-order valence-electron chi connectivity index (χ0n) is 18.2. The van der Waals surface area contributed by atoms with Gasteiger partial charge >= 0.3 is 0 Å². The lowest BCUT2D eigenvalue weighted by Gasteiger charge is -2.22. The van der Waals surface area contributed by atoms with Gasteiger partial charge in [0.15, 0.2) is 0 Å². The predicted octanol–water partition coefficient (Wildman–Crippen LogP) is 8.22. The Morgan fingerprint density at radius 2 is 1.75 bits per heavy atom. The maximum atomic E-state index is 6.30. The molecule has 0 radical (unpaired) electrons. The molecule has 6 rings (SSSR count). The van der Waals surface area contributed by atoms with Crippen molar-refractivity contribution >= 4 is 43.2 Å².